The highest BCUT2D eigenvalue weighted by molar-refractivity contribution is 7.88. The van der Waals surface area contributed by atoms with Crippen molar-refractivity contribution < 1.29 is 27.1 Å². The van der Waals surface area contributed by atoms with Crippen LogP contribution in [0.2, 0.25) is 0 Å². The van der Waals surface area contributed by atoms with Gasteiger partial charge in [0, 0.05) is 39.3 Å². The van der Waals surface area contributed by atoms with E-state index in [2.05, 4.69) is 10.2 Å². The topological polar surface area (TPSA) is 99.3 Å². The van der Waals surface area contributed by atoms with Gasteiger partial charge in [-0.05, 0) is 30.2 Å². The van der Waals surface area contributed by atoms with E-state index in [1.807, 2.05) is 6.07 Å². The predicted molar refractivity (Wildman–Crippen MR) is 138 cm³/mol. The lowest BCUT2D eigenvalue weighted by Crippen LogP contribution is -2.52. The van der Waals surface area contributed by atoms with Crippen LogP contribution in [0.1, 0.15) is 18.1 Å². The number of hydrogen-bond donors (Lipinski definition) is 1. The highest BCUT2D eigenvalue weighted by atomic mass is 32.2. The number of halogens is 1. The van der Waals surface area contributed by atoms with Crippen LogP contribution < -0.4 is 5.32 Å². The van der Waals surface area contributed by atoms with Crippen LogP contribution in [0.25, 0.3) is 0 Å². The number of ether oxygens (including phenoxy) is 1. The quantitative estimate of drug-likeness (QED) is 0.443. The van der Waals surface area contributed by atoms with E-state index in [-0.39, 0.29) is 19.0 Å². The van der Waals surface area contributed by atoms with E-state index < -0.39 is 34.3 Å². The van der Waals surface area contributed by atoms with Crippen molar-refractivity contribution in [1.29, 1.82) is 0 Å². The van der Waals surface area contributed by atoms with Crippen LogP contribution >= 0.6 is 0 Å². The molecular formula is C26H35FN4O5S. The highest BCUT2D eigenvalue weighted by Crippen LogP contribution is 2.14. The summed E-state index contributed by atoms with van der Waals surface area (Å²) in [6, 6.07) is 13.7. The molecule has 0 aliphatic carbocycles. The zero-order valence-electron chi connectivity index (χ0n) is 21.3. The van der Waals surface area contributed by atoms with E-state index in [4.69, 9.17) is 4.74 Å². The number of nitrogens with zero attached hydrogens (tertiary/aromatic N) is 3. The molecule has 1 atom stereocenters. The van der Waals surface area contributed by atoms with E-state index in [1.54, 1.807) is 31.2 Å². The number of sulfonamides is 1. The molecule has 2 aromatic carbocycles. The fraction of sp³-hybridized carbons (Fsp3) is 0.462. The third-order valence-electron chi connectivity index (χ3n) is 6.25. The van der Waals surface area contributed by atoms with E-state index in [0.29, 0.717) is 31.9 Å². The van der Waals surface area contributed by atoms with Crippen molar-refractivity contribution in [2.24, 2.45) is 0 Å². The first kappa shape index (κ1) is 28.7. The Morgan fingerprint density at radius 2 is 1.65 bits per heavy atom. The molecule has 37 heavy (non-hydrogen) atoms. The summed E-state index contributed by atoms with van der Waals surface area (Å²) in [6.07, 6.45) is 1.05. The first-order chi connectivity index (χ1) is 17.6. The van der Waals surface area contributed by atoms with Gasteiger partial charge in [-0.3, -0.25) is 14.5 Å². The SMILES string of the molecule is C[C@@H](C(=O)NCCN1CCOCC1)N(Cc1ccc(F)cc1)C(=O)CN(Cc1ccccc1)S(C)(=O)=O. The zero-order chi connectivity index (χ0) is 26.8. The third-order valence-corrected chi connectivity index (χ3v) is 7.44. The van der Waals surface area contributed by atoms with Crippen LogP contribution in [0.3, 0.4) is 0 Å². The summed E-state index contributed by atoms with van der Waals surface area (Å²) in [5, 5.41) is 2.88. The summed E-state index contributed by atoms with van der Waals surface area (Å²) in [5.41, 5.74) is 1.36. The summed E-state index contributed by atoms with van der Waals surface area (Å²) < 4.78 is 44.9. The summed E-state index contributed by atoms with van der Waals surface area (Å²) in [6.45, 7) is 5.20. The smallest absolute Gasteiger partial charge is 0.242 e. The summed E-state index contributed by atoms with van der Waals surface area (Å²) in [4.78, 5) is 30.0. The van der Waals surface area contributed by atoms with Crippen LogP contribution in [0.15, 0.2) is 54.6 Å². The minimum absolute atomic E-state index is 0.0237. The van der Waals surface area contributed by atoms with Gasteiger partial charge >= 0.3 is 0 Å². The minimum atomic E-state index is -3.72. The molecule has 1 saturated heterocycles. The van der Waals surface area contributed by atoms with Gasteiger partial charge in [-0.1, -0.05) is 42.5 Å². The molecule has 0 radical (unpaired) electrons. The van der Waals surface area contributed by atoms with Gasteiger partial charge in [0.15, 0.2) is 0 Å². The Morgan fingerprint density at radius 3 is 2.27 bits per heavy atom. The third kappa shape index (κ3) is 9.19. The zero-order valence-corrected chi connectivity index (χ0v) is 22.1. The highest BCUT2D eigenvalue weighted by Gasteiger charge is 2.30. The molecule has 0 spiro atoms. The summed E-state index contributed by atoms with van der Waals surface area (Å²) in [7, 11) is -3.72. The molecule has 0 unspecified atom stereocenters. The van der Waals surface area contributed by atoms with E-state index in [1.165, 1.54) is 29.2 Å². The molecule has 2 aromatic rings. The number of hydrogen-bond acceptors (Lipinski definition) is 6. The molecule has 1 aliphatic rings. The molecule has 2 amide bonds. The second-order valence-corrected chi connectivity index (χ2v) is 11.1. The fourth-order valence-corrected chi connectivity index (χ4v) is 4.73. The average Bonchev–Trinajstić information content (AvgIpc) is 2.88. The normalized spacial score (nSPS) is 15.4. The van der Waals surface area contributed by atoms with Crippen molar-refractivity contribution in [3.8, 4) is 0 Å². The monoisotopic (exact) mass is 534 g/mol. The molecule has 0 bridgehead atoms. The lowest BCUT2D eigenvalue weighted by molar-refractivity contribution is -0.140. The lowest BCUT2D eigenvalue weighted by Gasteiger charge is -2.31. The number of benzene rings is 2. The predicted octanol–water partition coefficient (Wildman–Crippen LogP) is 1.45. The number of carbonyl (C=O) groups excluding carboxylic acids is 2. The number of carbonyl (C=O) groups is 2. The van der Waals surface area contributed by atoms with Gasteiger partial charge in [0.25, 0.3) is 0 Å². The maximum atomic E-state index is 13.5. The standard InChI is InChI=1S/C26H35FN4O5S/c1-21(26(33)28-12-13-29-14-16-36-17-15-29)31(19-23-8-10-24(27)11-9-23)25(32)20-30(37(2,34)35)18-22-6-4-3-5-7-22/h3-11,21H,12-20H2,1-2H3,(H,28,33)/t21-/m0/s1. The first-order valence-electron chi connectivity index (χ1n) is 12.2. The first-order valence-corrected chi connectivity index (χ1v) is 14.1. The second kappa shape index (κ2) is 13.6. The van der Waals surface area contributed by atoms with E-state index in [0.717, 1.165) is 29.2 Å². The molecule has 0 aromatic heterocycles. The molecule has 11 heteroatoms. The summed E-state index contributed by atoms with van der Waals surface area (Å²) >= 11 is 0. The van der Waals surface area contributed by atoms with E-state index >= 15 is 0 Å². The van der Waals surface area contributed by atoms with Gasteiger partial charge in [-0.25, -0.2) is 12.8 Å². The van der Waals surface area contributed by atoms with Crippen LogP contribution in [0.4, 0.5) is 4.39 Å². The molecule has 0 saturated carbocycles. The molecule has 9 nitrogen and oxygen atoms in total. The van der Waals surface area contributed by atoms with Gasteiger partial charge in [-0.15, -0.1) is 0 Å². The van der Waals surface area contributed by atoms with E-state index in [9.17, 15) is 22.4 Å². The van der Waals surface area contributed by atoms with Crippen molar-refractivity contribution in [2.75, 3.05) is 52.2 Å². The molecule has 3 rings (SSSR count). The van der Waals surface area contributed by atoms with Crippen molar-refractivity contribution in [1.82, 2.24) is 19.4 Å². The Hall–Kier alpha value is -2.86. The molecule has 1 N–H and O–H groups in total. The summed E-state index contributed by atoms with van der Waals surface area (Å²) in [5.74, 6) is -1.29. The van der Waals surface area contributed by atoms with Crippen LogP contribution in [-0.4, -0.2) is 92.6 Å². The van der Waals surface area contributed by atoms with Crippen molar-refractivity contribution in [3.05, 3.63) is 71.5 Å². The van der Waals surface area contributed by atoms with Crippen molar-refractivity contribution >= 4 is 21.8 Å². The Balaban J connectivity index is 1.72. The van der Waals surface area contributed by atoms with Gasteiger partial charge in [-0.2, -0.15) is 4.31 Å². The molecule has 1 heterocycles. The maximum absolute atomic E-state index is 13.5. The maximum Gasteiger partial charge on any atom is 0.242 e. The largest absolute Gasteiger partial charge is 0.379 e. The van der Waals surface area contributed by atoms with Gasteiger partial charge in [0.2, 0.25) is 21.8 Å². The Kier molecular flexibility index (Phi) is 10.6. The lowest BCUT2D eigenvalue weighted by atomic mass is 10.1. The second-order valence-electron chi connectivity index (χ2n) is 9.09. The Morgan fingerprint density at radius 1 is 1.03 bits per heavy atom. The molecule has 1 fully saturated rings. The van der Waals surface area contributed by atoms with Gasteiger partial charge in [0.05, 0.1) is 26.0 Å². The fourth-order valence-electron chi connectivity index (χ4n) is 4.00. The molecular weight excluding hydrogens is 499 g/mol. The van der Waals surface area contributed by atoms with Gasteiger partial charge in [0.1, 0.15) is 11.9 Å². The Labute approximate surface area is 218 Å². The van der Waals surface area contributed by atoms with Crippen LogP contribution in [0.5, 0.6) is 0 Å². The molecule has 1 aliphatic heterocycles. The van der Waals surface area contributed by atoms with Crippen molar-refractivity contribution in [3.63, 3.8) is 0 Å². The minimum Gasteiger partial charge on any atom is -0.379 e. The van der Waals surface area contributed by atoms with Crippen LogP contribution in [0, 0.1) is 5.82 Å². The number of rotatable bonds is 12. The van der Waals surface area contributed by atoms with Gasteiger partial charge < -0.3 is 15.0 Å². The van der Waals surface area contributed by atoms with Crippen molar-refractivity contribution in [2.45, 2.75) is 26.1 Å². The van der Waals surface area contributed by atoms with Crippen LogP contribution in [-0.2, 0) is 37.4 Å². The number of amides is 2. The molecule has 202 valence electrons. The average molecular weight is 535 g/mol. The number of morpholine rings is 1. The Bertz CT molecular complexity index is 1130. The number of nitrogens with one attached hydrogen (secondary N) is 1.